The van der Waals surface area contributed by atoms with Crippen LogP contribution in [0.15, 0.2) is 252 Å². The first-order valence-electron chi connectivity index (χ1n) is 34.4. The summed E-state index contributed by atoms with van der Waals surface area (Å²) in [6, 6.07) is 50.0. The number of aromatic nitrogens is 6. The van der Waals surface area contributed by atoms with Crippen LogP contribution in [0, 0.1) is 34.0 Å². The number of pyridine rings is 6. The number of hydrogen-bond acceptors (Lipinski definition) is 19. The maximum atomic E-state index is 13.6. The number of halogens is 3. The lowest BCUT2D eigenvalue weighted by Crippen LogP contribution is -2.32. The zero-order chi connectivity index (χ0) is 83.0. The number of Topliss-reactive ketones (excluding diaryl/α,β-unsaturated/α-hetero) is 2. The molecule has 0 amide bonds. The number of nitrogen functional groups attached to an aromatic ring is 1. The molecule has 2 unspecified atom stereocenters. The van der Waals surface area contributed by atoms with Crippen molar-refractivity contribution in [2.24, 2.45) is 0 Å². The van der Waals surface area contributed by atoms with Crippen LogP contribution in [0.1, 0.15) is 93.7 Å². The molecule has 0 fully saturated rings. The maximum absolute atomic E-state index is 13.6. The Morgan fingerprint density at radius 2 is 0.652 bits per heavy atom. The summed E-state index contributed by atoms with van der Waals surface area (Å²) < 4.78 is 20.3. The van der Waals surface area contributed by atoms with E-state index in [0.717, 1.165) is 21.3 Å². The Morgan fingerprint density at radius 1 is 0.383 bits per heavy atom. The third kappa shape index (κ3) is 22.1. The highest BCUT2D eigenvalue weighted by Gasteiger charge is 2.29. The van der Waals surface area contributed by atoms with Crippen molar-refractivity contribution in [2.45, 2.75) is 50.2 Å². The lowest BCUT2D eigenvalue weighted by Gasteiger charge is -2.21. The molecule has 6 N–H and O–H groups in total. The van der Waals surface area contributed by atoms with Gasteiger partial charge in [-0.3, -0.25) is 43.5 Å². The first-order valence-corrected chi connectivity index (χ1v) is 35.6. The summed E-state index contributed by atoms with van der Waals surface area (Å²) >= 11 is 18.4. The number of benzene rings is 6. The van der Waals surface area contributed by atoms with Gasteiger partial charge in [0.2, 0.25) is 0 Å². The van der Waals surface area contributed by atoms with Gasteiger partial charge >= 0.3 is 23.9 Å². The number of hydrogen-bond donors (Lipinski definition) is 5. The standard InChI is InChI=1S/2C29H22ClN3O5.C21H16ClN3O4.C7H7NO2/c2*1-38-27-17-33(28(35)15-24(27)23-14-22(30)7-6-21(23)16-31)25(12-19-8-10-32-11-9-19)26(34)13-18-2-4-20(5-3-18)29(36)37;1-29-19-12-25(18(21(27)28)8-13-4-6-24-7-5-13)20(26)10-17(19)16-9-15(22)3-2-14(16)11-23;8-6-3-1-5(2-4-6)7(9)10/h2*2-11,14-15,17,25H,12-13H2,1H3,(H,36,37);2-7,9-10,12,18H,8H2,1H3,(H,27,28);1-4H,8H2,(H,9,10)/t25-;;;/m0.../s1. The van der Waals surface area contributed by atoms with E-state index >= 15 is 0 Å². The Labute approximate surface area is 671 Å². The highest BCUT2D eigenvalue weighted by Crippen LogP contribution is 2.37. The highest BCUT2D eigenvalue weighted by atomic mass is 35.5. The van der Waals surface area contributed by atoms with Crippen molar-refractivity contribution in [3.63, 3.8) is 0 Å². The Bertz CT molecular complexity index is 5670. The second-order valence-corrected chi connectivity index (χ2v) is 26.5. The van der Waals surface area contributed by atoms with E-state index in [1.807, 2.05) is 0 Å². The van der Waals surface area contributed by atoms with Crippen molar-refractivity contribution >= 4 is 75.9 Å². The summed E-state index contributed by atoms with van der Waals surface area (Å²) in [5.41, 5.74) is 11.9. The second kappa shape index (κ2) is 39.8. The minimum atomic E-state index is -1.15. The molecule has 0 radical (unpaired) electrons. The number of carboxylic acid groups (broad SMARTS) is 4. The third-order valence-electron chi connectivity index (χ3n) is 17.9. The summed E-state index contributed by atoms with van der Waals surface area (Å²) in [4.78, 5) is 123. The predicted octanol–water partition coefficient (Wildman–Crippen LogP) is 13.8. The summed E-state index contributed by atoms with van der Waals surface area (Å²) in [5, 5.41) is 66.1. The average molecular weight is 1600 g/mol. The molecule has 0 aliphatic carbocycles. The zero-order valence-electron chi connectivity index (χ0n) is 61.2. The smallest absolute Gasteiger partial charge is 0.335 e. The number of rotatable bonds is 25. The molecule has 0 saturated carbocycles. The van der Waals surface area contributed by atoms with E-state index in [1.54, 1.807) is 165 Å². The van der Waals surface area contributed by atoms with Crippen LogP contribution in [0.25, 0.3) is 33.4 Å². The Balaban J connectivity index is 0.000000187. The van der Waals surface area contributed by atoms with Crippen LogP contribution < -0.4 is 36.6 Å². The molecule has 12 rings (SSSR count). The van der Waals surface area contributed by atoms with Gasteiger partial charge in [-0.25, -0.2) is 19.2 Å². The van der Waals surface area contributed by atoms with E-state index in [9.17, 15) is 64.0 Å². The number of methoxy groups -OCH3 is 3. The fourth-order valence-corrected chi connectivity index (χ4v) is 12.5. The fourth-order valence-electron chi connectivity index (χ4n) is 12.0. The van der Waals surface area contributed by atoms with Crippen LogP contribution in [-0.2, 0) is 46.5 Å². The van der Waals surface area contributed by atoms with Gasteiger partial charge in [0, 0.05) is 142 Å². The predicted molar refractivity (Wildman–Crippen MR) is 428 cm³/mol. The van der Waals surface area contributed by atoms with Crippen molar-refractivity contribution < 1.29 is 63.4 Å². The van der Waals surface area contributed by atoms with E-state index in [4.69, 9.17) is 70.1 Å². The largest absolute Gasteiger partial charge is 0.495 e. The number of aromatic carboxylic acids is 3. The summed E-state index contributed by atoms with van der Waals surface area (Å²) in [7, 11) is 4.28. The van der Waals surface area contributed by atoms with Crippen LogP contribution >= 0.6 is 34.8 Å². The molecular formula is C86H67Cl3N10O16. The number of nitrogens with two attached hydrogens (primary N) is 1. The van der Waals surface area contributed by atoms with Gasteiger partial charge in [0.1, 0.15) is 23.3 Å². The van der Waals surface area contributed by atoms with Gasteiger partial charge in [-0.1, -0.05) is 59.1 Å². The maximum Gasteiger partial charge on any atom is 0.335 e. The lowest BCUT2D eigenvalue weighted by atomic mass is 9.96. The fraction of sp³-hybridized carbons (Fsp3) is 0.128. The molecule has 578 valence electrons. The molecule has 0 saturated heterocycles. The first kappa shape index (κ1) is 84.4. The van der Waals surface area contributed by atoms with Gasteiger partial charge in [-0.15, -0.1) is 0 Å². The van der Waals surface area contributed by atoms with Crippen LogP contribution in [-0.4, -0.2) is 106 Å². The van der Waals surface area contributed by atoms with E-state index in [1.165, 1.54) is 104 Å². The van der Waals surface area contributed by atoms with E-state index in [2.05, 4.69) is 33.2 Å². The van der Waals surface area contributed by atoms with Gasteiger partial charge in [-0.05, 0) is 167 Å². The number of nitrogens with zero attached hydrogens (tertiary/aromatic N) is 9. The average Bonchev–Trinajstić information content (AvgIpc) is 0.787. The number of nitriles is 3. The second-order valence-electron chi connectivity index (χ2n) is 25.2. The van der Waals surface area contributed by atoms with E-state index < -0.39 is 58.7 Å². The molecule has 6 aromatic carbocycles. The molecular weight excluding hydrogens is 1540 g/mol. The Morgan fingerprint density at radius 3 is 0.913 bits per heavy atom. The van der Waals surface area contributed by atoms with E-state index in [0.29, 0.717) is 93.5 Å². The number of ketones is 2. The molecule has 0 bridgehead atoms. The van der Waals surface area contributed by atoms with Gasteiger partial charge < -0.3 is 49.5 Å². The molecule has 0 aliphatic rings. The minimum absolute atomic E-state index is 0.0149. The normalized spacial score (nSPS) is 11.2. The van der Waals surface area contributed by atoms with Crippen molar-refractivity contribution in [3.8, 4) is 68.8 Å². The summed E-state index contributed by atoms with van der Waals surface area (Å²) in [6.07, 6.45) is 14.3. The molecule has 3 atom stereocenters. The highest BCUT2D eigenvalue weighted by molar-refractivity contribution is 6.31. The number of anilines is 1. The molecule has 12 aromatic rings. The van der Waals surface area contributed by atoms with Crippen LogP contribution in [0.2, 0.25) is 15.1 Å². The number of carboxylic acids is 4. The third-order valence-corrected chi connectivity index (χ3v) is 18.6. The van der Waals surface area contributed by atoms with Crippen molar-refractivity contribution in [1.82, 2.24) is 28.7 Å². The number of carbonyl (C=O) groups is 6. The van der Waals surface area contributed by atoms with Gasteiger partial charge in [0.05, 0.1) is 104 Å². The topological polar surface area (TPSA) is 413 Å². The van der Waals surface area contributed by atoms with Gasteiger partial charge in [-0.2, -0.15) is 15.8 Å². The molecule has 0 aliphatic heterocycles. The zero-order valence-corrected chi connectivity index (χ0v) is 63.5. The van der Waals surface area contributed by atoms with Crippen molar-refractivity contribution in [2.75, 3.05) is 27.1 Å². The molecule has 115 heavy (non-hydrogen) atoms. The van der Waals surface area contributed by atoms with Crippen molar-refractivity contribution in [1.29, 1.82) is 15.8 Å². The monoisotopic (exact) mass is 1600 g/mol. The van der Waals surface area contributed by atoms with Crippen LogP contribution in [0.5, 0.6) is 17.2 Å². The Hall–Kier alpha value is -14.6. The number of ether oxygens (including phenoxy) is 3. The van der Waals surface area contributed by atoms with Gasteiger partial charge in [0.15, 0.2) is 11.6 Å². The first-order chi connectivity index (χ1) is 55.2. The molecule has 26 nitrogen and oxygen atoms in total. The molecule has 29 heteroatoms. The Kier molecular flexibility index (Phi) is 29.2. The summed E-state index contributed by atoms with van der Waals surface area (Å²) in [6.45, 7) is 0. The summed E-state index contributed by atoms with van der Waals surface area (Å²) in [5.74, 6) is -3.86. The molecule has 6 heterocycles. The van der Waals surface area contributed by atoms with Crippen molar-refractivity contribution in [3.05, 3.63) is 345 Å². The number of aliphatic carboxylic acids is 1. The molecule has 0 spiro atoms. The van der Waals surface area contributed by atoms with Gasteiger partial charge in [0.25, 0.3) is 16.7 Å². The van der Waals surface area contributed by atoms with E-state index in [-0.39, 0.29) is 66.1 Å². The quantitative estimate of drug-likeness (QED) is 0.0332. The minimum Gasteiger partial charge on any atom is -0.495 e. The SMILES string of the molecule is COc1cn(C(Cc2ccncc2)C(=O)Cc2ccc(C(=O)O)cc2)c(=O)cc1-c1cc(Cl)ccc1C#N.COc1cn(C(Cc2ccncc2)C(=O)O)c(=O)cc1-c1cc(Cl)ccc1C#N.COc1cn([C@@H](Cc2ccncc2)C(=O)Cc2ccc(C(=O)O)cc2)c(=O)cc1-c1cc(Cl)ccc1C#N.Nc1ccc(C(=O)O)cc1. The lowest BCUT2D eigenvalue weighted by molar-refractivity contribution is -0.141. The molecule has 6 aromatic heterocycles. The van der Waals surface area contributed by atoms with Crippen LogP contribution in [0.4, 0.5) is 5.69 Å². The van der Waals surface area contributed by atoms with Crippen LogP contribution in [0.3, 0.4) is 0 Å². The number of carbonyl (C=O) groups excluding carboxylic acids is 2.